The molecule has 0 spiro atoms. The van der Waals surface area contributed by atoms with Gasteiger partial charge < -0.3 is 5.73 Å². The maximum absolute atomic E-state index is 6.06. The van der Waals surface area contributed by atoms with Crippen LogP contribution in [0.5, 0.6) is 0 Å². The van der Waals surface area contributed by atoms with Crippen molar-refractivity contribution in [3.05, 3.63) is 0 Å². The average molecular weight is 197 g/mol. The molecule has 1 aliphatic rings. The lowest BCUT2D eigenvalue weighted by Gasteiger charge is -2.38. The summed E-state index contributed by atoms with van der Waals surface area (Å²) in [7, 11) is 0. The Morgan fingerprint density at radius 3 is 2.29 bits per heavy atom. The minimum atomic E-state index is 0.480. The van der Waals surface area contributed by atoms with E-state index in [2.05, 4.69) is 27.7 Å². The van der Waals surface area contributed by atoms with Crippen LogP contribution in [0.15, 0.2) is 0 Å². The van der Waals surface area contributed by atoms with E-state index in [4.69, 9.17) is 5.73 Å². The SMILES string of the molecule is CC(C)CC1CC(N)CCC1C(C)C. The van der Waals surface area contributed by atoms with E-state index >= 15 is 0 Å². The molecule has 2 N–H and O–H groups in total. The highest BCUT2D eigenvalue weighted by Crippen LogP contribution is 2.38. The van der Waals surface area contributed by atoms with Crippen LogP contribution < -0.4 is 5.73 Å². The summed E-state index contributed by atoms with van der Waals surface area (Å²) >= 11 is 0. The van der Waals surface area contributed by atoms with E-state index in [0.717, 1.165) is 23.7 Å². The highest BCUT2D eigenvalue weighted by Gasteiger charge is 2.30. The van der Waals surface area contributed by atoms with Crippen molar-refractivity contribution in [1.82, 2.24) is 0 Å². The molecule has 1 nitrogen and oxygen atoms in total. The Hall–Kier alpha value is -0.0400. The molecule has 3 unspecified atom stereocenters. The van der Waals surface area contributed by atoms with Crippen LogP contribution >= 0.6 is 0 Å². The van der Waals surface area contributed by atoms with Crippen LogP contribution in [0.25, 0.3) is 0 Å². The highest BCUT2D eigenvalue weighted by molar-refractivity contribution is 4.83. The normalized spacial score (nSPS) is 34.1. The fourth-order valence-corrected chi connectivity index (χ4v) is 3.08. The first kappa shape index (κ1) is 12.0. The van der Waals surface area contributed by atoms with Gasteiger partial charge in [-0.2, -0.15) is 0 Å². The maximum atomic E-state index is 6.06. The quantitative estimate of drug-likeness (QED) is 0.737. The highest BCUT2D eigenvalue weighted by atomic mass is 14.6. The number of hydrogen-bond acceptors (Lipinski definition) is 1. The number of hydrogen-bond donors (Lipinski definition) is 1. The van der Waals surface area contributed by atoms with Gasteiger partial charge >= 0.3 is 0 Å². The summed E-state index contributed by atoms with van der Waals surface area (Å²) in [4.78, 5) is 0. The summed E-state index contributed by atoms with van der Waals surface area (Å²) in [6, 6.07) is 0.480. The van der Waals surface area contributed by atoms with Crippen molar-refractivity contribution < 1.29 is 0 Å². The number of rotatable bonds is 3. The summed E-state index contributed by atoms with van der Waals surface area (Å²) in [5, 5.41) is 0. The van der Waals surface area contributed by atoms with E-state index in [0.29, 0.717) is 6.04 Å². The molecular weight excluding hydrogens is 170 g/mol. The van der Waals surface area contributed by atoms with Crippen LogP contribution in [0.2, 0.25) is 0 Å². The molecule has 0 aromatic rings. The summed E-state index contributed by atoms with van der Waals surface area (Å²) < 4.78 is 0. The zero-order valence-electron chi connectivity index (χ0n) is 10.3. The second kappa shape index (κ2) is 5.16. The predicted molar refractivity (Wildman–Crippen MR) is 63.1 cm³/mol. The van der Waals surface area contributed by atoms with E-state index in [9.17, 15) is 0 Å². The van der Waals surface area contributed by atoms with Gasteiger partial charge in [0.2, 0.25) is 0 Å². The average Bonchev–Trinajstić information content (AvgIpc) is 2.01. The molecule has 0 heterocycles. The smallest absolute Gasteiger partial charge is 0.00416 e. The van der Waals surface area contributed by atoms with E-state index in [1.54, 1.807) is 0 Å². The van der Waals surface area contributed by atoms with Crippen molar-refractivity contribution in [2.24, 2.45) is 29.4 Å². The van der Waals surface area contributed by atoms with Crippen LogP contribution in [0.1, 0.15) is 53.4 Å². The molecule has 0 bridgehead atoms. The van der Waals surface area contributed by atoms with Crippen molar-refractivity contribution in [3.8, 4) is 0 Å². The molecule has 1 fully saturated rings. The van der Waals surface area contributed by atoms with Crippen LogP contribution in [0, 0.1) is 23.7 Å². The topological polar surface area (TPSA) is 26.0 Å². The van der Waals surface area contributed by atoms with Crippen molar-refractivity contribution in [2.45, 2.75) is 59.4 Å². The van der Waals surface area contributed by atoms with Gasteiger partial charge in [0.1, 0.15) is 0 Å². The lowest BCUT2D eigenvalue weighted by atomic mass is 9.69. The lowest BCUT2D eigenvalue weighted by Crippen LogP contribution is -2.36. The molecule has 0 amide bonds. The first-order chi connectivity index (χ1) is 6.50. The molecule has 1 saturated carbocycles. The minimum Gasteiger partial charge on any atom is -0.328 e. The summed E-state index contributed by atoms with van der Waals surface area (Å²) in [5.74, 6) is 3.48. The molecular formula is C13H27N. The largest absolute Gasteiger partial charge is 0.328 e. The summed E-state index contributed by atoms with van der Waals surface area (Å²) in [6.07, 6.45) is 5.24. The molecule has 3 atom stereocenters. The molecule has 0 aliphatic heterocycles. The molecule has 0 radical (unpaired) electrons. The van der Waals surface area contributed by atoms with Gasteiger partial charge in [-0.05, 0) is 49.4 Å². The molecule has 0 saturated heterocycles. The molecule has 84 valence electrons. The Kier molecular flexibility index (Phi) is 4.43. The predicted octanol–water partition coefficient (Wildman–Crippen LogP) is 3.43. The molecule has 0 aromatic heterocycles. The first-order valence-electron chi connectivity index (χ1n) is 6.26. The third kappa shape index (κ3) is 3.27. The van der Waals surface area contributed by atoms with Crippen LogP contribution in [0.4, 0.5) is 0 Å². The Morgan fingerprint density at radius 1 is 1.14 bits per heavy atom. The fraction of sp³-hybridized carbons (Fsp3) is 1.00. The van der Waals surface area contributed by atoms with Crippen LogP contribution in [-0.4, -0.2) is 6.04 Å². The van der Waals surface area contributed by atoms with Gasteiger partial charge in [-0.15, -0.1) is 0 Å². The Bertz CT molecular complexity index is 161. The molecule has 14 heavy (non-hydrogen) atoms. The second-order valence-electron chi connectivity index (χ2n) is 5.87. The van der Waals surface area contributed by atoms with Crippen molar-refractivity contribution >= 4 is 0 Å². The first-order valence-corrected chi connectivity index (χ1v) is 6.26. The van der Waals surface area contributed by atoms with Crippen molar-refractivity contribution in [1.29, 1.82) is 0 Å². The van der Waals surface area contributed by atoms with Crippen molar-refractivity contribution in [2.75, 3.05) is 0 Å². The molecule has 1 rings (SSSR count). The Balaban J connectivity index is 2.54. The minimum absolute atomic E-state index is 0.480. The van der Waals surface area contributed by atoms with E-state index in [1.165, 1.54) is 25.7 Å². The zero-order valence-corrected chi connectivity index (χ0v) is 10.3. The summed E-state index contributed by atoms with van der Waals surface area (Å²) in [5.41, 5.74) is 6.06. The van der Waals surface area contributed by atoms with E-state index in [1.807, 2.05) is 0 Å². The van der Waals surface area contributed by atoms with E-state index < -0.39 is 0 Å². The third-order valence-corrected chi connectivity index (χ3v) is 3.71. The van der Waals surface area contributed by atoms with Gasteiger partial charge in [0.15, 0.2) is 0 Å². The maximum Gasteiger partial charge on any atom is 0.00416 e. The van der Waals surface area contributed by atoms with Gasteiger partial charge in [-0.3, -0.25) is 0 Å². The molecule has 1 aliphatic carbocycles. The van der Waals surface area contributed by atoms with Crippen LogP contribution in [0.3, 0.4) is 0 Å². The fourth-order valence-electron chi connectivity index (χ4n) is 3.08. The van der Waals surface area contributed by atoms with Gasteiger partial charge in [-0.25, -0.2) is 0 Å². The van der Waals surface area contributed by atoms with Crippen molar-refractivity contribution in [3.63, 3.8) is 0 Å². The monoisotopic (exact) mass is 197 g/mol. The second-order valence-corrected chi connectivity index (χ2v) is 5.87. The van der Waals surface area contributed by atoms with Crippen LogP contribution in [-0.2, 0) is 0 Å². The zero-order chi connectivity index (χ0) is 10.7. The van der Waals surface area contributed by atoms with Gasteiger partial charge in [0.25, 0.3) is 0 Å². The number of nitrogens with two attached hydrogens (primary N) is 1. The van der Waals surface area contributed by atoms with Gasteiger partial charge in [0.05, 0.1) is 0 Å². The van der Waals surface area contributed by atoms with Gasteiger partial charge in [0, 0.05) is 6.04 Å². The summed E-state index contributed by atoms with van der Waals surface area (Å²) in [6.45, 7) is 9.40. The Morgan fingerprint density at radius 2 is 1.79 bits per heavy atom. The molecule has 0 aromatic carbocycles. The Labute approximate surface area is 89.5 Å². The van der Waals surface area contributed by atoms with Gasteiger partial charge in [-0.1, -0.05) is 27.7 Å². The molecule has 1 heteroatoms. The lowest BCUT2D eigenvalue weighted by molar-refractivity contribution is 0.143. The standard InChI is InChI=1S/C13H27N/c1-9(2)7-11-8-12(14)5-6-13(11)10(3)4/h9-13H,5-8,14H2,1-4H3. The third-order valence-electron chi connectivity index (χ3n) is 3.71. The van der Waals surface area contributed by atoms with E-state index in [-0.39, 0.29) is 0 Å².